The number of hydrogen-bond acceptors (Lipinski definition) is 6. The number of aromatic nitrogens is 1. The van der Waals surface area contributed by atoms with E-state index in [-0.39, 0.29) is 18.4 Å². The first kappa shape index (κ1) is 23.0. The highest BCUT2D eigenvalue weighted by Crippen LogP contribution is 2.27. The second-order valence-electron chi connectivity index (χ2n) is 8.74. The lowest BCUT2D eigenvalue weighted by Crippen LogP contribution is -2.43. The Hall–Kier alpha value is -3.72. The monoisotopic (exact) mass is 490 g/mol. The molecule has 2 fully saturated rings. The van der Waals surface area contributed by atoms with Gasteiger partial charge >= 0.3 is 6.09 Å². The Morgan fingerprint density at radius 3 is 2.54 bits per heavy atom. The number of nitrogens with one attached hydrogen (secondary N) is 2. The van der Waals surface area contributed by atoms with Crippen molar-refractivity contribution < 1.29 is 19.1 Å². The van der Waals surface area contributed by atoms with Crippen LogP contribution in [-0.2, 0) is 16.1 Å². The van der Waals surface area contributed by atoms with Gasteiger partial charge in [0.05, 0.1) is 5.69 Å². The summed E-state index contributed by atoms with van der Waals surface area (Å²) in [5, 5.41) is 8.14. The molecule has 3 amide bonds. The number of likely N-dealkylation sites (tertiary alicyclic amines) is 1. The predicted molar refractivity (Wildman–Crippen MR) is 133 cm³/mol. The highest BCUT2D eigenvalue weighted by Gasteiger charge is 2.35. The maximum Gasteiger partial charge on any atom is 0.410 e. The number of amides is 3. The molecule has 1 saturated heterocycles. The van der Waals surface area contributed by atoms with Gasteiger partial charge in [-0.05, 0) is 43.4 Å². The molecule has 0 unspecified atom stereocenters. The number of anilines is 1. The fourth-order valence-electron chi connectivity index (χ4n) is 4.00. The Kier molecular flexibility index (Phi) is 6.76. The third kappa shape index (κ3) is 5.68. The van der Waals surface area contributed by atoms with Crippen LogP contribution in [-0.4, -0.2) is 46.4 Å². The van der Waals surface area contributed by atoms with Gasteiger partial charge in [0, 0.05) is 29.1 Å². The molecule has 1 saturated carbocycles. The second kappa shape index (κ2) is 10.3. The van der Waals surface area contributed by atoms with Gasteiger partial charge in [-0.25, -0.2) is 9.78 Å². The van der Waals surface area contributed by atoms with E-state index in [0.29, 0.717) is 35.4 Å². The number of nitrogens with zero attached hydrogens (tertiary/aromatic N) is 2. The number of hydrogen-bond donors (Lipinski definition) is 2. The Morgan fingerprint density at radius 1 is 1.03 bits per heavy atom. The number of ether oxygens (including phenoxy) is 1. The molecule has 3 aromatic rings. The average Bonchev–Trinajstić information content (AvgIpc) is 3.35. The van der Waals surface area contributed by atoms with Crippen molar-refractivity contribution in [3.8, 4) is 11.3 Å². The minimum atomic E-state index is -0.588. The van der Waals surface area contributed by atoms with Crippen LogP contribution < -0.4 is 10.6 Å². The molecule has 1 atom stereocenters. The van der Waals surface area contributed by atoms with Crippen LogP contribution in [0.5, 0.6) is 0 Å². The van der Waals surface area contributed by atoms with Gasteiger partial charge in [-0.15, -0.1) is 11.3 Å². The van der Waals surface area contributed by atoms with E-state index in [4.69, 9.17) is 4.74 Å². The molecule has 8 nitrogen and oxygen atoms in total. The molecule has 1 aliphatic heterocycles. The van der Waals surface area contributed by atoms with Crippen LogP contribution in [0.2, 0.25) is 0 Å². The first-order valence-corrected chi connectivity index (χ1v) is 12.6. The first-order chi connectivity index (χ1) is 17.1. The van der Waals surface area contributed by atoms with Crippen LogP contribution in [0.1, 0.15) is 41.6 Å². The van der Waals surface area contributed by atoms with Crippen molar-refractivity contribution in [3.63, 3.8) is 0 Å². The molecular formula is C26H26N4O4S. The lowest BCUT2D eigenvalue weighted by molar-refractivity contribution is -0.120. The van der Waals surface area contributed by atoms with Gasteiger partial charge in [0.25, 0.3) is 5.91 Å². The number of carbonyl (C=O) groups is 3. The Morgan fingerprint density at radius 2 is 1.80 bits per heavy atom. The maximum absolute atomic E-state index is 12.9. The van der Waals surface area contributed by atoms with E-state index in [2.05, 4.69) is 15.6 Å². The molecule has 2 aromatic carbocycles. The lowest BCUT2D eigenvalue weighted by Gasteiger charge is -2.22. The first-order valence-electron chi connectivity index (χ1n) is 11.7. The molecule has 5 rings (SSSR count). The van der Waals surface area contributed by atoms with Gasteiger partial charge in [-0.3, -0.25) is 14.5 Å². The minimum absolute atomic E-state index is 0.0614. The Balaban J connectivity index is 1.17. The van der Waals surface area contributed by atoms with Gasteiger partial charge in [-0.2, -0.15) is 0 Å². The molecule has 9 heteroatoms. The predicted octanol–water partition coefficient (Wildman–Crippen LogP) is 4.44. The summed E-state index contributed by atoms with van der Waals surface area (Å²) in [5.41, 5.74) is 3.08. The van der Waals surface area contributed by atoms with E-state index in [1.165, 1.54) is 16.2 Å². The van der Waals surface area contributed by atoms with Crippen LogP contribution in [0, 0.1) is 0 Å². The molecule has 2 N–H and O–H groups in total. The summed E-state index contributed by atoms with van der Waals surface area (Å²) < 4.78 is 5.42. The zero-order valence-electron chi connectivity index (χ0n) is 19.1. The van der Waals surface area contributed by atoms with Crippen LogP contribution in [0.15, 0.2) is 60.0 Å². The largest absolute Gasteiger partial charge is 0.445 e. The summed E-state index contributed by atoms with van der Waals surface area (Å²) in [5.74, 6) is -0.333. The minimum Gasteiger partial charge on any atom is -0.445 e. The molecule has 0 bridgehead atoms. The fraction of sp³-hybridized carbons (Fsp3) is 0.308. The van der Waals surface area contributed by atoms with E-state index in [1.54, 1.807) is 12.1 Å². The summed E-state index contributed by atoms with van der Waals surface area (Å²) in [6.07, 6.45) is 2.92. The van der Waals surface area contributed by atoms with E-state index >= 15 is 0 Å². The van der Waals surface area contributed by atoms with Crippen LogP contribution in [0.3, 0.4) is 0 Å². The van der Waals surface area contributed by atoms with E-state index in [1.807, 2.05) is 47.8 Å². The summed E-state index contributed by atoms with van der Waals surface area (Å²) in [7, 11) is 0. The number of benzene rings is 2. The number of carbonyl (C=O) groups excluding carboxylic acids is 3. The van der Waals surface area contributed by atoms with Crippen molar-refractivity contribution in [1.82, 2.24) is 15.2 Å². The van der Waals surface area contributed by atoms with Crippen molar-refractivity contribution >= 4 is 34.4 Å². The molecule has 180 valence electrons. The van der Waals surface area contributed by atoms with Gasteiger partial charge in [0.2, 0.25) is 5.91 Å². The van der Waals surface area contributed by atoms with E-state index in [9.17, 15) is 14.4 Å². The number of rotatable bonds is 7. The Labute approximate surface area is 207 Å². The molecule has 0 radical (unpaired) electrons. The summed E-state index contributed by atoms with van der Waals surface area (Å²) in [4.78, 5) is 43.7. The second-order valence-corrected chi connectivity index (χ2v) is 9.60. The van der Waals surface area contributed by atoms with Gasteiger partial charge in [-0.1, -0.05) is 42.5 Å². The molecule has 1 aromatic heterocycles. The SMILES string of the molecule is O=C(NC1CC1)c1ccc(-c2csc(NC(=O)[C@H]3CCCN3C(=O)OCc3ccccc3)n2)cc1. The van der Waals surface area contributed by atoms with Crippen molar-refractivity contribution in [2.45, 2.75) is 44.4 Å². The molecule has 35 heavy (non-hydrogen) atoms. The van der Waals surface area contributed by atoms with Crippen LogP contribution >= 0.6 is 11.3 Å². The van der Waals surface area contributed by atoms with Crippen molar-refractivity contribution in [3.05, 3.63) is 71.1 Å². The van der Waals surface area contributed by atoms with Gasteiger partial charge in [0.15, 0.2) is 5.13 Å². The molecule has 0 spiro atoms. The third-order valence-electron chi connectivity index (χ3n) is 6.08. The summed E-state index contributed by atoms with van der Waals surface area (Å²) in [6, 6.07) is 16.4. The Bertz CT molecular complexity index is 1210. The zero-order chi connectivity index (χ0) is 24.2. The van der Waals surface area contributed by atoms with E-state index < -0.39 is 12.1 Å². The van der Waals surface area contributed by atoms with E-state index in [0.717, 1.165) is 30.4 Å². The zero-order valence-corrected chi connectivity index (χ0v) is 19.9. The van der Waals surface area contributed by atoms with Gasteiger partial charge in [0.1, 0.15) is 12.6 Å². The van der Waals surface area contributed by atoms with Crippen LogP contribution in [0.4, 0.5) is 9.93 Å². The fourth-order valence-corrected chi connectivity index (χ4v) is 4.72. The summed E-state index contributed by atoms with van der Waals surface area (Å²) in [6.45, 7) is 0.650. The highest BCUT2D eigenvalue weighted by molar-refractivity contribution is 7.14. The lowest BCUT2D eigenvalue weighted by atomic mass is 10.1. The quantitative estimate of drug-likeness (QED) is 0.510. The topological polar surface area (TPSA) is 101 Å². The smallest absolute Gasteiger partial charge is 0.410 e. The summed E-state index contributed by atoms with van der Waals surface area (Å²) >= 11 is 1.32. The molecule has 2 aliphatic rings. The number of thiazole rings is 1. The third-order valence-corrected chi connectivity index (χ3v) is 6.84. The molecule has 2 heterocycles. The normalized spacial score (nSPS) is 17.1. The standard InChI is InChI=1S/C26H26N4O4S/c31-23(27-20-12-13-20)19-10-8-18(9-11-19)21-16-35-25(28-21)29-24(32)22-7-4-14-30(22)26(33)34-15-17-5-2-1-3-6-17/h1-3,5-6,8-11,16,20,22H,4,7,12-15H2,(H,27,31)(H,28,29,32)/t22-/m1/s1. The van der Waals surface area contributed by atoms with Crippen molar-refractivity contribution in [2.75, 3.05) is 11.9 Å². The molecule has 1 aliphatic carbocycles. The van der Waals surface area contributed by atoms with Crippen molar-refractivity contribution in [2.24, 2.45) is 0 Å². The average molecular weight is 491 g/mol. The van der Waals surface area contributed by atoms with Gasteiger partial charge < -0.3 is 15.4 Å². The van der Waals surface area contributed by atoms with Crippen LogP contribution in [0.25, 0.3) is 11.3 Å². The highest BCUT2D eigenvalue weighted by atomic mass is 32.1. The van der Waals surface area contributed by atoms with Crippen molar-refractivity contribution in [1.29, 1.82) is 0 Å². The maximum atomic E-state index is 12.9. The molecular weight excluding hydrogens is 464 g/mol.